The summed E-state index contributed by atoms with van der Waals surface area (Å²) in [6, 6.07) is 55.0. The van der Waals surface area contributed by atoms with Gasteiger partial charge in [0.15, 0.2) is 0 Å². The van der Waals surface area contributed by atoms with Gasteiger partial charge in [0.25, 0.3) is 0 Å². The zero-order valence-corrected chi connectivity index (χ0v) is 31.0. The summed E-state index contributed by atoms with van der Waals surface area (Å²) in [5.41, 5.74) is 6.01. The SMILES string of the molecule is CCOC(=NCC(Cc1ccccc1)(Cc1ccccc1)OP1Cc2ccc3ccccc3c2-c2c(ccc3ccccc23)O1)c1ccc(OC)cc1. The van der Waals surface area contributed by atoms with Crippen LogP contribution in [0.5, 0.6) is 11.5 Å². The Morgan fingerprint density at radius 2 is 1.25 bits per heavy atom. The first-order chi connectivity index (χ1) is 26.1. The first-order valence-electron chi connectivity index (χ1n) is 18.2. The molecule has 264 valence electrons. The molecule has 6 heteroatoms. The molecule has 0 radical (unpaired) electrons. The summed E-state index contributed by atoms with van der Waals surface area (Å²) in [5.74, 6) is 2.20. The van der Waals surface area contributed by atoms with Gasteiger partial charge in [-0.1, -0.05) is 127 Å². The maximum Gasteiger partial charge on any atom is 0.235 e. The van der Waals surface area contributed by atoms with Crippen molar-refractivity contribution in [3.05, 3.63) is 180 Å². The number of hydrogen-bond acceptors (Lipinski definition) is 5. The van der Waals surface area contributed by atoms with Crippen LogP contribution >= 0.6 is 8.38 Å². The van der Waals surface area contributed by atoms with E-state index in [2.05, 4.69) is 133 Å². The Balaban J connectivity index is 1.27. The van der Waals surface area contributed by atoms with Crippen LogP contribution in [0, 0.1) is 0 Å². The minimum atomic E-state index is -1.49. The number of hydrogen-bond donors (Lipinski definition) is 0. The number of aliphatic imine (C=N–C) groups is 1. The summed E-state index contributed by atoms with van der Waals surface area (Å²) >= 11 is 0. The van der Waals surface area contributed by atoms with Gasteiger partial charge in [0.05, 0.1) is 26.4 Å². The Labute approximate surface area is 312 Å². The van der Waals surface area contributed by atoms with Gasteiger partial charge in [-0.25, -0.2) is 4.99 Å². The van der Waals surface area contributed by atoms with Crippen molar-refractivity contribution >= 4 is 35.8 Å². The van der Waals surface area contributed by atoms with E-state index in [4.69, 9.17) is 23.5 Å². The molecule has 5 nitrogen and oxygen atoms in total. The molecule has 0 saturated carbocycles. The molecule has 1 heterocycles. The lowest BCUT2D eigenvalue weighted by molar-refractivity contribution is 0.0813. The second kappa shape index (κ2) is 15.6. The Hall–Kier alpha value is -5.48. The van der Waals surface area contributed by atoms with Crippen LogP contribution in [0.3, 0.4) is 0 Å². The zero-order valence-electron chi connectivity index (χ0n) is 30.1. The Bertz CT molecular complexity index is 2230. The van der Waals surface area contributed by atoms with E-state index in [0.29, 0.717) is 38.1 Å². The minimum absolute atomic E-state index is 0.357. The largest absolute Gasteiger partial charge is 0.497 e. The topological polar surface area (TPSA) is 49.3 Å². The summed E-state index contributed by atoms with van der Waals surface area (Å²) in [5, 5.41) is 4.77. The lowest BCUT2D eigenvalue weighted by Gasteiger charge is -2.36. The highest BCUT2D eigenvalue weighted by Crippen LogP contribution is 2.56. The molecule has 0 spiro atoms. The molecule has 7 aromatic rings. The predicted molar refractivity (Wildman–Crippen MR) is 218 cm³/mol. The highest BCUT2D eigenvalue weighted by Gasteiger charge is 2.39. The highest BCUT2D eigenvalue weighted by atomic mass is 31.2. The fourth-order valence-electron chi connectivity index (χ4n) is 7.39. The Morgan fingerprint density at radius 3 is 1.87 bits per heavy atom. The maximum absolute atomic E-state index is 7.57. The van der Waals surface area contributed by atoms with E-state index in [-0.39, 0.29) is 0 Å². The van der Waals surface area contributed by atoms with Crippen molar-refractivity contribution in [2.75, 3.05) is 20.3 Å². The van der Waals surface area contributed by atoms with Gasteiger partial charge in [0, 0.05) is 24.0 Å². The van der Waals surface area contributed by atoms with Gasteiger partial charge < -0.3 is 18.5 Å². The number of ether oxygens (including phenoxy) is 2. The smallest absolute Gasteiger partial charge is 0.235 e. The van der Waals surface area contributed by atoms with E-state index >= 15 is 0 Å². The second-order valence-electron chi connectivity index (χ2n) is 13.4. The van der Waals surface area contributed by atoms with Crippen molar-refractivity contribution in [3.8, 4) is 22.6 Å². The number of rotatable bonds is 11. The number of benzene rings is 7. The van der Waals surface area contributed by atoms with Gasteiger partial charge in [-0.3, -0.25) is 0 Å². The number of methoxy groups -OCH3 is 1. The molecule has 1 aliphatic rings. The van der Waals surface area contributed by atoms with Crippen molar-refractivity contribution < 1.29 is 18.5 Å². The Morgan fingerprint density at radius 1 is 0.660 bits per heavy atom. The summed E-state index contributed by atoms with van der Waals surface area (Å²) in [7, 11) is 0.182. The first-order valence-corrected chi connectivity index (χ1v) is 19.5. The van der Waals surface area contributed by atoms with Gasteiger partial charge in [0.2, 0.25) is 14.3 Å². The van der Waals surface area contributed by atoms with Gasteiger partial charge in [-0.2, -0.15) is 0 Å². The van der Waals surface area contributed by atoms with Crippen LogP contribution in [0.4, 0.5) is 0 Å². The summed E-state index contributed by atoms with van der Waals surface area (Å²) < 4.78 is 26.4. The van der Waals surface area contributed by atoms with E-state index < -0.39 is 14.0 Å². The van der Waals surface area contributed by atoms with Crippen LogP contribution in [-0.2, 0) is 28.3 Å². The van der Waals surface area contributed by atoms with Crippen LogP contribution in [-0.4, -0.2) is 31.8 Å². The molecular formula is C47H42NO4P. The molecule has 0 aromatic heterocycles. The van der Waals surface area contributed by atoms with Crippen molar-refractivity contribution in [1.29, 1.82) is 0 Å². The maximum atomic E-state index is 7.57. The molecule has 1 unspecified atom stereocenters. The Kier molecular flexibility index (Phi) is 10.2. The molecule has 1 atom stereocenters. The third-order valence-corrected chi connectivity index (χ3v) is 11.4. The van der Waals surface area contributed by atoms with Crippen LogP contribution in [0.1, 0.15) is 29.2 Å². The van der Waals surface area contributed by atoms with E-state index in [9.17, 15) is 0 Å². The van der Waals surface area contributed by atoms with E-state index in [1.54, 1.807) is 7.11 Å². The van der Waals surface area contributed by atoms with Crippen molar-refractivity contribution in [1.82, 2.24) is 0 Å². The number of fused-ring (bicyclic) bond motifs is 7. The quantitative estimate of drug-likeness (QED) is 0.0760. The van der Waals surface area contributed by atoms with Crippen LogP contribution in [0.2, 0.25) is 0 Å². The van der Waals surface area contributed by atoms with Gasteiger partial charge >= 0.3 is 0 Å². The zero-order chi connectivity index (χ0) is 36.0. The molecular weight excluding hydrogens is 673 g/mol. The average Bonchev–Trinajstić information content (AvgIpc) is 3.37. The third kappa shape index (κ3) is 7.55. The summed E-state index contributed by atoms with van der Waals surface area (Å²) in [6.07, 6.45) is 1.89. The van der Waals surface area contributed by atoms with Gasteiger partial charge in [0.1, 0.15) is 17.1 Å². The van der Waals surface area contributed by atoms with Crippen LogP contribution in [0.25, 0.3) is 32.7 Å². The van der Waals surface area contributed by atoms with Crippen molar-refractivity contribution in [3.63, 3.8) is 0 Å². The molecule has 0 fully saturated rings. The van der Waals surface area contributed by atoms with E-state index in [1.165, 1.54) is 43.8 Å². The second-order valence-corrected chi connectivity index (χ2v) is 14.8. The monoisotopic (exact) mass is 715 g/mol. The molecule has 53 heavy (non-hydrogen) atoms. The standard InChI is InChI=1S/C47H42NO4P/c1-3-50-46(38-24-27-40(49-2)28-25-38)48-33-47(30-34-14-6-4-7-15-34,31-35-16-8-5-9-17-35)52-53-32-39-23-22-36-18-10-12-20-41(36)44(39)45-42-21-13-11-19-37(42)26-29-43(45)51-53/h4-29H,3,30-33H2,1-2H3. The van der Waals surface area contributed by atoms with Crippen LogP contribution < -0.4 is 9.26 Å². The summed E-state index contributed by atoms with van der Waals surface area (Å²) in [4.78, 5) is 5.25. The lowest BCUT2D eigenvalue weighted by atomic mass is 9.88. The molecule has 0 N–H and O–H groups in total. The fraction of sp³-hybridized carbons (Fsp3) is 0.170. The van der Waals surface area contributed by atoms with Gasteiger partial charge in [-0.05, 0) is 81.1 Å². The normalized spacial score (nSPS) is 14.2. The molecule has 8 rings (SSSR count). The third-order valence-electron chi connectivity index (χ3n) is 9.82. The highest BCUT2D eigenvalue weighted by molar-refractivity contribution is 7.46. The van der Waals surface area contributed by atoms with E-state index in [1.807, 2.05) is 31.2 Å². The first kappa shape index (κ1) is 34.6. The molecule has 1 aliphatic heterocycles. The van der Waals surface area contributed by atoms with Crippen LogP contribution in [0.15, 0.2) is 163 Å². The fourth-order valence-corrected chi connectivity index (χ4v) is 9.09. The molecule has 0 bridgehead atoms. The van der Waals surface area contributed by atoms with Gasteiger partial charge in [-0.15, -0.1) is 0 Å². The lowest BCUT2D eigenvalue weighted by Crippen LogP contribution is -2.40. The number of nitrogens with zero attached hydrogens (tertiary/aromatic N) is 1. The average molecular weight is 716 g/mol. The van der Waals surface area contributed by atoms with Crippen molar-refractivity contribution in [2.45, 2.75) is 31.5 Å². The predicted octanol–water partition coefficient (Wildman–Crippen LogP) is 11.6. The molecule has 0 saturated heterocycles. The minimum Gasteiger partial charge on any atom is -0.497 e. The molecule has 7 aromatic carbocycles. The molecule has 0 aliphatic carbocycles. The summed E-state index contributed by atoms with van der Waals surface area (Å²) in [6.45, 7) is 2.83. The van der Waals surface area contributed by atoms with E-state index in [0.717, 1.165) is 22.6 Å². The molecule has 0 amide bonds. The van der Waals surface area contributed by atoms with Crippen molar-refractivity contribution in [2.24, 2.45) is 4.99 Å².